The summed E-state index contributed by atoms with van der Waals surface area (Å²) in [6, 6.07) is 17.1. The molecule has 0 spiro atoms. The Hall–Kier alpha value is -2.29. The van der Waals surface area contributed by atoms with Gasteiger partial charge in [0, 0.05) is 32.4 Å². The smallest absolute Gasteiger partial charge is 0.155 e. The molecule has 0 aliphatic heterocycles. The van der Waals surface area contributed by atoms with Crippen molar-refractivity contribution >= 4 is 16.6 Å². The second-order valence-corrected chi connectivity index (χ2v) is 9.57. The topological polar surface area (TPSA) is 50.2 Å². The summed E-state index contributed by atoms with van der Waals surface area (Å²) in [7, 11) is 0. The van der Waals surface area contributed by atoms with Crippen LogP contribution in [-0.4, -0.2) is 15.9 Å². The van der Waals surface area contributed by atoms with Crippen LogP contribution >= 0.6 is 0 Å². The second-order valence-electron chi connectivity index (χ2n) is 9.57. The van der Waals surface area contributed by atoms with Crippen LogP contribution in [0.1, 0.15) is 62.1 Å². The molecule has 2 fully saturated rings. The van der Waals surface area contributed by atoms with E-state index in [1.54, 1.807) is 0 Å². The van der Waals surface area contributed by atoms with Crippen LogP contribution in [-0.2, 0) is 24.9 Å². The summed E-state index contributed by atoms with van der Waals surface area (Å²) in [5.74, 6) is 2.59. The Morgan fingerprint density at radius 3 is 2.45 bits per heavy atom. The fourth-order valence-electron chi connectivity index (χ4n) is 5.60. The first-order valence-electron chi connectivity index (χ1n) is 11.6. The van der Waals surface area contributed by atoms with Gasteiger partial charge in [-0.3, -0.25) is 4.79 Å². The van der Waals surface area contributed by atoms with Crippen molar-refractivity contribution in [3.63, 3.8) is 0 Å². The predicted molar refractivity (Wildman–Crippen MR) is 131 cm³/mol. The number of carbonyl (C=O) groups is 1. The molecule has 2 saturated carbocycles. The Kier molecular flexibility index (Phi) is 8.26. The van der Waals surface area contributed by atoms with Crippen LogP contribution in [0.15, 0.2) is 54.4 Å². The average molecular weight is 619 g/mol. The molecule has 2 aliphatic rings. The predicted octanol–water partition coefficient (Wildman–Crippen LogP) is 7.26. The van der Waals surface area contributed by atoms with Gasteiger partial charge >= 0.3 is 0 Å². The molecule has 4 heteroatoms. The van der Waals surface area contributed by atoms with Crippen LogP contribution in [0.25, 0.3) is 22.0 Å². The van der Waals surface area contributed by atoms with Crippen LogP contribution in [0.2, 0.25) is 0 Å². The van der Waals surface area contributed by atoms with E-state index >= 15 is 0 Å². The van der Waals surface area contributed by atoms with Gasteiger partial charge in [0.15, 0.2) is 5.78 Å². The maximum absolute atomic E-state index is 10.0. The number of aliphatic hydroxyl groups excluding tert-OH is 1. The molecule has 5 rings (SSSR count). The Morgan fingerprint density at radius 1 is 1.09 bits per heavy atom. The van der Waals surface area contributed by atoms with E-state index in [1.165, 1.54) is 73.1 Å². The molecule has 1 heterocycles. The van der Waals surface area contributed by atoms with Crippen LogP contribution in [0.3, 0.4) is 0 Å². The number of rotatable bonds is 3. The molecule has 3 atom stereocenters. The van der Waals surface area contributed by atoms with Crippen molar-refractivity contribution in [2.75, 3.05) is 0 Å². The summed E-state index contributed by atoms with van der Waals surface area (Å²) < 4.78 is 0. The minimum atomic E-state index is -0.125. The van der Waals surface area contributed by atoms with Gasteiger partial charge in [0.25, 0.3) is 0 Å². The van der Waals surface area contributed by atoms with Crippen LogP contribution in [0.5, 0.6) is 0 Å². The first kappa shape index (κ1) is 25.3. The minimum absolute atomic E-state index is 0. The molecule has 0 saturated heterocycles. The van der Waals surface area contributed by atoms with E-state index in [2.05, 4.69) is 56.3 Å². The van der Waals surface area contributed by atoms with Crippen molar-refractivity contribution in [1.29, 1.82) is 0 Å². The van der Waals surface area contributed by atoms with Crippen molar-refractivity contribution in [2.45, 2.75) is 59.3 Å². The Morgan fingerprint density at radius 2 is 1.88 bits per heavy atom. The van der Waals surface area contributed by atoms with Gasteiger partial charge in [0.05, 0.1) is 5.76 Å². The van der Waals surface area contributed by atoms with Gasteiger partial charge in [0.1, 0.15) is 0 Å². The van der Waals surface area contributed by atoms with E-state index in [-0.39, 0.29) is 31.6 Å². The number of ketones is 1. The third-order valence-electron chi connectivity index (χ3n) is 6.77. The zero-order valence-electron chi connectivity index (χ0n) is 19.8. The number of aryl methyl sites for hydroxylation is 2. The number of hydrogen-bond donors (Lipinski definition) is 1. The molecule has 0 amide bonds. The second kappa shape index (κ2) is 10.8. The number of nitrogens with zero attached hydrogens (tertiary/aromatic N) is 1. The first-order chi connectivity index (χ1) is 15.3. The molecule has 2 aliphatic carbocycles. The summed E-state index contributed by atoms with van der Waals surface area (Å²) in [6.07, 6.45) is 8.83. The van der Waals surface area contributed by atoms with Crippen LogP contribution in [0, 0.1) is 31.7 Å². The number of aromatic nitrogens is 1. The third kappa shape index (κ3) is 5.99. The standard InChI is InChI=1S/C24H24N.C5H8O2.Ir/c1-15-9-16(2)11-21(10-15)24-23-14-20(6-5-18(23)7-8-25-24)22-13-17-3-4-19(22)12-17;1-4(6)3-5(2)7;/h5-10,14,17,19,22H,3-4,12-13H2,1-2H3;3,6H,1-2H3;/q-1;;/b;4-3-;. The fraction of sp³-hybridized carbons (Fsp3) is 0.379. The fourth-order valence-corrected chi connectivity index (χ4v) is 5.60. The number of aliphatic hydroxyl groups is 1. The van der Waals surface area contributed by atoms with Gasteiger partial charge in [-0.25, -0.2) is 0 Å². The molecule has 3 aromatic rings. The Balaban J connectivity index is 0.000000337. The molecule has 1 N–H and O–H groups in total. The van der Waals surface area contributed by atoms with Gasteiger partial charge in [-0.1, -0.05) is 38.5 Å². The van der Waals surface area contributed by atoms with Crippen molar-refractivity contribution in [3.8, 4) is 11.3 Å². The number of fused-ring (bicyclic) bond motifs is 3. The molecule has 3 unspecified atom stereocenters. The van der Waals surface area contributed by atoms with Gasteiger partial charge in [-0.05, 0) is 79.0 Å². The molecule has 1 radical (unpaired) electrons. The van der Waals surface area contributed by atoms with Crippen LogP contribution < -0.4 is 0 Å². The summed E-state index contributed by atoms with van der Waals surface area (Å²) >= 11 is 0. The third-order valence-corrected chi connectivity index (χ3v) is 6.77. The average Bonchev–Trinajstić information content (AvgIpc) is 3.35. The number of hydrogen-bond acceptors (Lipinski definition) is 3. The molecule has 33 heavy (non-hydrogen) atoms. The quantitative estimate of drug-likeness (QED) is 0.191. The van der Waals surface area contributed by atoms with Crippen molar-refractivity contribution in [1.82, 2.24) is 4.98 Å². The molecule has 2 bridgehead atoms. The first-order valence-corrected chi connectivity index (χ1v) is 11.6. The molecule has 2 aromatic carbocycles. The zero-order chi connectivity index (χ0) is 22.8. The number of carbonyl (C=O) groups excluding carboxylic acids is 1. The molecule has 3 nitrogen and oxygen atoms in total. The largest absolute Gasteiger partial charge is 0.512 e. The molecular formula is C29H32IrNO2-. The maximum Gasteiger partial charge on any atom is 0.155 e. The summed E-state index contributed by atoms with van der Waals surface area (Å²) in [5.41, 5.74) is 6.17. The van der Waals surface area contributed by atoms with Crippen molar-refractivity contribution in [3.05, 3.63) is 77.2 Å². The number of benzene rings is 2. The van der Waals surface area contributed by atoms with Gasteiger partial charge in [0.2, 0.25) is 0 Å². The Labute approximate surface area is 210 Å². The van der Waals surface area contributed by atoms with E-state index in [0.717, 1.165) is 29.0 Å². The van der Waals surface area contributed by atoms with Gasteiger partial charge in [-0.15, -0.1) is 34.9 Å². The van der Waals surface area contributed by atoms with Gasteiger partial charge < -0.3 is 10.1 Å². The summed E-state index contributed by atoms with van der Waals surface area (Å²) in [4.78, 5) is 14.8. The zero-order valence-corrected chi connectivity index (χ0v) is 22.2. The monoisotopic (exact) mass is 619 g/mol. The number of allylic oxidation sites excluding steroid dienone is 2. The van der Waals surface area contributed by atoms with Crippen molar-refractivity contribution < 1.29 is 30.0 Å². The SMILES string of the molecule is CC(=O)/C=C(/C)O.Cc1[c-]c(-c2nccc3ccc(C4CC5CCC4C5)cc23)cc(C)c1.[Ir]. The van der Waals surface area contributed by atoms with E-state index < -0.39 is 0 Å². The van der Waals surface area contributed by atoms with Crippen molar-refractivity contribution in [2.24, 2.45) is 11.8 Å². The maximum atomic E-state index is 10.0. The van der Waals surface area contributed by atoms with E-state index in [4.69, 9.17) is 10.1 Å². The van der Waals surface area contributed by atoms with E-state index in [1.807, 2.05) is 6.20 Å². The summed E-state index contributed by atoms with van der Waals surface area (Å²) in [5, 5.41) is 10.9. The van der Waals surface area contributed by atoms with E-state index in [9.17, 15) is 4.79 Å². The minimum Gasteiger partial charge on any atom is -0.512 e. The molecular weight excluding hydrogens is 587 g/mol. The number of pyridine rings is 1. The summed E-state index contributed by atoms with van der Waals surface area (Å²) in [6.45, 7) is 7.11. The Bertz CT molecular complexity index is 1160. The van der Waals surface area contributed by atoms with Gasteiger partial charge in [-0.2, -0.15) is 0 Å². The van der Waals surface area contributed by atoms with E-state index in [0.29, 0.717) is 0 Å². The normalized spacial score (nSPS) is 21.3. The van der Waals surface area contributed by atoms with Crippen LogP contribution in [0.4, 0.5) is 0 Å². The molecule has 175 valence electrons. The molecule has 1 aromatic heterocycles.